The molecule has 0 amide bonds. The van der Waals surface area contributed by atoms with Gasteiger partial charge in [0.15, 0.2) is 0 Å². The van der Waals surface area contributed by atoms with E-state index in [9.17, 15) is 0 Å². The van der Waals surface area contributed by atoms with Gasteiger partial charge in [-0.25, -0.2) is 0 Å². The Balaban J connectivity index is 1.39. The topological polar surface area (TPSA) is 0 Å². The van der Waals surface area contributed by atoms with Gasteiger partial charge in [0.05, 0.1) is 0 Å². The molecule has 5 fully saturated rings. The summed E-state index contributed by atoms with van der Waals surface area (Å²) in [5, 5.41) is 0. The van der Waals surface area contributed by atoms with Crippen LogP contribution in [0.2, 0.25) is 0 Å². The molecule has 1 heterocycles. The predicted octanol–water partition coefficient (Wildman–Crippen LogP) is 12.2. The standard InChI is InChI=1S/C39H68P2/c1-33(31-34-19-9-3-2-4-10-20-34)39-32-40(35-21-11-5-12-22-35,36-23-13-6-14-24-36)29-30-41(39,37-25-15-7-16-26-37)38-27-17-8-18-28-38/h2-3,20,35-41H,1,4-19,21-32H2/b3-2-,34-20+/t39-/m0/s1. The van der Waals surface area contributed by atoms with Gasteiger partial charge in [-0.3, -0.25) is 0 Å². The predicted molar refractivity (Wildman–Crippen MR) is 192 cm³/mol. The van der Waals surface area contributed by atoms with Crippen LogP contribution in [0.3, 0.4) is 0 Å². The van der Waals surface area contributed by atoms with E-state index in [0.29, 0.717) is 0 Å². The quantitative estimate of drug-likeness (QED) is 0.202. The summed E-state index contributed by atoms with van der Waals surface area (Å²) in [6.07, 6.45) is 50.8. The third-order valence-corrected chi connectivity index (χ3v) is 29.2. The van der Waals surface area contributed by atoms with Crippen molar-refractivity contribution in [2.75, 3.05) is 18.5 Å². The first-order valence-corrected chi connectivity index (χ1v) is 24.2. The van der Waals surface area contributed by atoms with Crippen LogP contribution in [0.5, 0.6) is 0 Å². The van der Waals surface area contributed by atoms with Crippen molar-refractivity contribution in [3.63, 3.8) is 0 Å². The molecule has 2 heteroatoms. The summed E-state index contributed by atoms with van der Waals surface area (Å²) in [5.74, 6) is 0. The van der Waals surface area contributed by atoms with Crippen LogP contribution in [0, 0.1) is 0 Å². The molecule has 0 N–H and O–H groups in total. The van der Waals surface area contributed by atoms with Gasteiger partial charge in [0.1, 0.15) is 0 Å². The first-order valence-electron chi connectivity index (χ1n) is 19.2. The fraction of sp³-hybridized carbons (Fsp3) is 0.846. The van der Waals surface area contributed by atoms with Crippen molar-refractivity contribution in [3.05, 3.63) is 36.0 Å². The van der Waals surface area contributed by atoms with E-state index < -0.39 is 14.5 Å². The number of allylic oxidation sites excluding steroid dienone is 5. The Kier molecular flexibility index (Phi) is 11.3. The zero-order valence-corrected chi connectivity index (χ0v) is 29.1. The van der Waals surface area contributed by atoms with E-state index in [0.717, 1.165) is 17.0 Å². The summed E-state index contributed by atoms with van der Waals surface area (Å²) < 4.78 is 0. The molecule has 234 valence electrons. The summed E-state index contributed by atoms with van der Waals surface area (Å²) in [6.45, 7) is 5.27. The maximum absolute atomic E-state index is 5.27. The van der Waals surface area contributed by atoms with E-state index in [2.05, 4.69) is 18.2 Å². The van der Waals surface area contributed by atoms with Gasteiger partial charge in [-0.2, -0.15) is 0 Å². The molecule has 41 heavy (non-hydrogen) atoms. The Morgan fingerprint density at radius 2 is 1.07 bits per heavy atom. The van der Waals surface area contributed by atoms with Crippen LogP contribution in [-0.4, -0.2) is 46.8 Å². The summed E-state index contributed by atoms with van der Waals surface area (Å²) >= 11 is 0. The Morgan fingerprint density at radius 1 is 0.585 bits per heavy atom. The van der Waals surface area contributed by atoms with Crippen LogP contribution in [0.15, 0.2) is 36.0 Å². The zero-order chi connectivity index (χ0) is 28.0. The van der Waals surface area contributed by atoms with Gasteiger partial charge in [0, 0.05) is 0 Å². The van der Waals surface area contributed by atoms with Crippen molar-refractivity contribution in [3.8, 4) is 0 Å². The average molecular weight is 599 g/mol. The van der Waals surface area contributed by atoms with Gasteiger partial charge >= 0.3 is 258 Å². The number of hydrogen-bond donors (Lipinski definition) is 0. The minimum absolute atomic E-state index is 0.986. The zero-order valence-electron chi connectivity index (χ0n) is 27.1. The first kappa shape index (κ1) is 31.1. The molecule has 6 rings (SSSR count). The van der Waals surface area contributed by atoms with Crippen molar-refractivity contribution < 1.29 is 0 Å². The van der Waals surface area contributed by atoms with E-state index in [1.54, 1.807) is 127 Å². The summed E-state index contributed by atoms with van der Waals surface area (Å²) in [6, 6.07) is 0. The van der Waals surface area contributed by atoms with E-state index in [4.69, 9.17) is 6.58 Å². The van der Waals surface area contributed by atoms with Gasteiger partial charge in [-0.05, 0) is 0 Å². The fourth-order valence-corrected chi connectivity index (χ4v) is 32.0. The van der Waals surface area contributed by atoms with E-state index in [1.165, 1.54) is 69.1 Å². The molecule has 0 spiro atoms. The molecule has 4 saturated carbocycles. The van der Waals surface area contributed by atoms with Gasteiger partial charge in [-0.15, -0.1) is 0 Å². The second-order valence-corrected chi connectivity index (χ2v) is 26.3. The van der Waals surface area contributed by atoms with Gasteiger partial charge in [-0.1, -0.05) is 0 Å². The summed E-state index contributed by atoms with van der Waals surface area (Å²) in [4.78, 5) is 0. The maximum atomic E-state index is 5.27. The van der Waals surface area contributed by atoms with E-state index in [1.807, 2.05) is 5.57 Å². The molecule has 1 atom stereocenters. The molecular formula is C39H68P2. The van der Waals surface area contributed by atoms with Crippen LogP contribution >= 0.6 is 14.5 Å². The second-order valence-electron chi connectivity index (χ2n) is 16.2. The Hall–Kier alpha value is 0.0800. The normalized spacial score (nSPS) is 34.8. The molecule has 1 aliphatic heterocycles. The molecule has 5 aliphatic carbocycles. The molecule has 0 nitrogen and oxygen atoms in total. The van der Waals surface area contributed by atoms with Crippen LogP contribution < -0.4 is 0 Å². The van der Waals surface area contributed by atoms with Crippen molar-refractivity contribution in [2.24, 2.45) is 0 Å². The van der Waals surface area contributed by atoms with Crippen molar-refractivity contribution in [1.82, 2.24) is 0 Å². The molecule has 0 unspecified atom stereocenters. The average Bonchev–Trinajstić information content (AvgIpc) is 3.03. The molecule has 1 saturated heterocycles. The van der Waals surface area contributed by atoms with Gasteiger partial charge in [0.25, 0.3) is 0 Å². The molecular weight excluding hydrogens is 530 g/mol. The van der Waals surface area contributed by atoms with Gasteiger partial charge in [0.2, 0.25) is 0 Å². The summed E-state index contributed by atoms with van der Waals surface area (Å²) in [7, 11) is -2.87. The third-order valence-electron chi connectivity index (χ3n) is 14.3. The summed E-state index contributed by atoms with van der Waals surface area (Å²) in [5.41, 5.74) is 9.20. The van der Waals surface area contributed by atoms with Crippen molar-refractivity contribution in [1.29, 1.82) is 0 Å². The number of hydrogen-bond acceptors (Lipinski definition) is 0. The molecule has 0 bridgehead atoms. The van der Waals surface area contributed by atoms with Crippen LogP contribution in [0.1, 0.15) is 161 Å². The first-order chi connectivity index (χ1) is 20.2. The van der Waals surface area contributed by atoms with E-state index in [-0.39, 0.29) is 0 Å². The second kappa shape index (κ2) is 14.9. The third kappa shape index (κ3) is 6.85. The van der Waals surface area contributed by atoms with Crippen LogP contribution in [-0.2, 0) is 0 Å². The van der Waals surface area contributed by atoms with E-state index >= 15 is 0 Å². The SMILES string of the molecule is C=C(C/C1=C/CC/C=C\CC1)[C@@H]1C[PH](C2CCCCC2)(C2CCCCC2)CC[PH]1(C1CCCCC1)C1CCCCC1. The molecule has 0 aromatic heterocycles. The molecule has 6 aliphatic rings. The van der Waals surface area contributed by atoms with Gasteiger partial charge < -0.3 is 0 Å². The molecule has 0 aromatic rings. The van der Waals surface area contributed by atoms with Crippen LogP contribution in [0.4, 0.5) is 0 Å². The Morgan fingerprint density at radius 3 is 1.61 bits per heavy atom. The minimum atomic E-state index is -1.50. The van der Waals surface area contributed by atoms with Crippen molar-refractivity contribution in [2.45, 2.75) is 189 Å². The van der Waals surface area contributed by atoms with Crippen molar-refractivity contribution >= 4 is 14.5 Å². The van der Waals surface area contributed by atoms with Crippen LogP contribution in [0.25, 0.3) is 0 Å². The molecule has 0 aromatic carbocycles. The fourth-order valence-electron chi connectivity index (χ4n) is 12.4. The Labute approximate surface area is 257 Å². The monoisotopic (exact) mass is 598 g/mol. The number of rotatable bonds is 7. The molecule has 0 radical (unpaired) electrons. The Bertz CT molecular complexity index is 853.